The number of unbranched alkanes of at least 4 members (excludes halogenated alkanes) is 5. The number of alkyl halides is 1. The van der Waals surface area contributed by atoms with E-state index in [1.54, 1.807) is 0 Å². The Hall–Kier alpha value is 0.320. The lowest BCUT2D eigenvalue weighted by molar-refractivity contribution is -0.0106. The molecule has 21 heavy (non-hydrogen) atoms. The van der Waals surface area contributed by atoms with Crippen LogP contribution in [0.3, 0.4) is 0 Å². The Balaban J connectivity index is 3.28. The highest BCUT2D eigenvalue weighted by Gasteiger charge is 2.06. The van der Waals surface area contributed by atoms with Crippen molar-refractivity contribution in [3.05, 3.63) is 0 Å². The average Bonchev–Trinajstić information content (AvgIpc) is 2.51. The van der Waals surface area contributed by atoms with Crippen molar-refractivity contribution < 1.29 is 19.3 Å². The molecule has 0 heterocycles. The molecule has 0 radical (unpaired) electrons. The quantitative estimate of drug-likeness (QED) is 0.315. The lowest BCUT2D eigenvalue weighted by Crippen LogP contribution is -2.18. The summed E-state index contributed by atoms with van der Waals surface area (Å²) in [4.78, 5) is 0. The summed E-state index contributed by atoms with van der Waals surface area (Å²) < 4.78 is 16.3. The van der Waals surface area contributed by atoms with E-state index in [4.69, 9.17) is 19.3 Å². The summed E-state index contributed by atoms with van der Waals surface area (Å²) in [5.74, 6) is 0. The molecule has 0 aliphatic carbocycles. The highest BCUT2D eigenvalue weighted by atomic mass is 79.9. The third-order valence-electron chi connectivity index (χ3n) is 3.24. The molecule has 0 fully saturated rings. The lowest BCUT2D eigenvalue weighted by Gasteiger charge is -2.15. The van der Waals surface area contributed by atoms with Crippen LogP contribution in [0.5, 0.6) is 0 Å². The van der Waals surface area contributed by atoms with E-state index >= 15 is 0 Å². The van der Waals surface area contributed by atoms with Gasteiger partial charge in [-0.3, -0.25) is 0 Å². The van der Waals surface area contributed by atoms with Gasteiger partial charge < -0.3 is 19.3 Å². The van der Waals surface area contributed by atoms with Crippen molar-refractivity contribution in [1.29, 1.82) is 0 Å². The van der Waals surface area contributed by atoms with Crippen LogP contribution in [0.25, 0.3) is 0 Å². The molecule has 0 amide bonds. The second-order valence-corrected chi connectivity index (χ2v) is 5.80. The summed E-state index contributed by atoms with van der Waals surface area (Å²) in [6.07, 6.45) is 9.35. The van der Waals surface area contributed by atoms with Crippen molar-refractivity contribution in [2.75, 3.05) is 45.0 Å². The molecule has 128 valence electrons. The zero-order valence-electron chi connectivity index (χ0n) is 13.5. The molecule has 0 rings (SSSR count). The largest absolute Gasteiger partial charge is 0.394 e. The van der Waals surface area contributed by atoms with Crippen molar-refractivity contribution in [3.8, 4) is 0 Å². The number of rotatable bonds is 17. The Labute approximate surface area is 138 Å². The van der Waals surface area contributed by atoms with Crippen LogP contribution in [0.1, 0.15) is 51.9 Å². The van der Waals surface area contributed by atoms with E-state index in [9.17, 15) is 0 Å². The molecule has 0 saturated heterocycles. The molecule has 0 aliphatic heterocycles. The molecule has 0 spiro atoms. The standard InChI is InChI=1S/C16H33BrO4/c1-2-3-4-5-6-7-8-16(15-17)21-14-13-20-12-11-19-10-9-18/h16,18H,2-15H2,1H3. The van der Waals surface area contributed by atoms with E-state index in [1.165, 1.54) is 38.5 Å². The molecule has 5 heteroatoms. The number of halogens is 1. The minimum atomic E-state index is 0.0640. The molecule has 0 saturated carbocycles. The van der Waals surface area contributed by atoms with E-state index < -0.39 is 0 Å². The number of hydrogen-bond donors (Lipinski definition) is 1. The van der Waals surface area contributed by atoms with Gasteiger partial charge in [-0.2, -0.15) is 0 Å². The third-order valence-corrected chi connectivity index (χ3v) is 3.96. The molecule has 0 aromatic rings. The Bertz CT molecular complexity index is 193. The van der Waals surface area contributed by atoms with Gasteiger partial charge in [-0.25, -0.2) is 0 Å². The SMILES string of the molecule is CCCCCCCCC(CBr)OCCOCCOCCO. The van der Waals surface area contributed by atoms with E-state index in [1.807, 2.05) is 0 Å². The Kier molecular flexibility index (Phi) is 18.6. The van der Waals surface area contributed by atoms with Crippen LogP contribution >= 0.6 is 15.9 Å². The van der Waals surface area contributed by atoms with Gasteiger partial charge in [0.25, 0.3) is 0 Å². The summed E-state index contributed by atoms with van der Waals surface area (Å²) >= 11 is 3.51. The molecule has 1 unspecified atom stereocenters. The number of aliphatic hydroxyl groups is 1. The molecule has 0 bridgehead atoms. The van der Waals surface area contributed by atoms with Crippen LogP contribution in [0, 0.1) is 0 Å². The minimum absolute atomic E-state index is 0.0640. The maximum absolute atomic E-state index is 8.54. The molecule has 0 aromatic heterocycles. The second kappa shape index (κ2) is 18.4. The molecular weight excluding hydrogens is 336 g/mol. The fraction of sp³-hybridized carbons (Fsp3) is 1.00. The molecule has 4 nitrogen and oxygen atoms in total. The van der Waals surface area contributed by atoms with E-state index in [-0.39, 0.29) is 6.61 Å². The van der Waals surface area contributed by atoms with Crippen LogP contribution in [0.15, 0.2) is 0 Å². The highest BCUT2D eigenvalue weighted by Crippen LogP contribution is 2.12. The van der Waals surface area contributed by atoms with Gasteiger partial charge >= 0.3 is 0 Å². The molecule has 1 N–H and O–H groups in total. The van der Waals surface area contributed by atoms with E-state index in [0.29, 0.717) is 39.1 Å². The summed E-state index contributed by atoms with van der Waals surface area (Å²) in [5.41, 5.74) is 0. The van der Waals surface area contributed by atoms with Gasteiger partial charge in [0.1, 0.15) is 0 Å². The predicted octanol–water partition coefficient (Wildman–Crippen LogP) is 3.54. The van der Waals surface area contributed by atoms with Crippen LogP contribution in [-0.2, 0) is 14.2 Å². The number of hydrogen-bond acceptors (Lipinski definition) is 4. The second-order valence-electron chi connectivity index (χ2n) is 5.15. The van der Waals surface area contributed by atoms with Gasteiger partial charge in [0.2, 0.25) is 0 Å². The van der Waals surface area contributed by atoms with Crippen LogP contribution in [0.4, 0.5) is 0 Å². The Morgan fingerprint density at radius 1 is 0.857 bits per heavy atom. The zero-order valence-corrected chi connectivity index (χ0v) is 15.1. The molecule has 0 aliphatic rings. The lowest BCUT2D eigenvalue weighted by atomic mass is 10.1. The smallest absolute Gasteiger partial charge is 0.0704 e. The van der Waals surface area contributed by atoms with Crippen molar-refractivity contribution in [1.82, 2.24) is 0 Å². The van der Waals surface area contributed by atoms with Crippen LogP contribution in [0.2, 0.25) is 0 Å². The predicted molar refractivity (Wildman–Crippen MR) is 90.3 cm³/mol. The molecule has 1 atom stereocenters. The maximum Gasteiger partial charge on any atom is 0.0704 e. The van der Waals surface area contributed by atoms with Crippen LogP contribution in [-0.4, -0.2) is 56.2 Å². The van der Waals surface area contributed by atoms with E-state index in [2.05, 4.69) is 22.9 Å². The fourth-order valence-corrected chi connectivity index (χ4v) is 2.53. The van der Waals surface area contributed by atoms with Gasteiger partial charge in [0.15, 0.2) is 0 Å². The van der Waals surface area contributed by atoms with Crippen molar-refractivity contribution in [2.45, 2.75) is 58.0 Å². The molecular formula is C16H33BrO4. The summed E-state index contributed by atoms with van der Waals surface area (Å²) in [5, 5.41) is 9.43. The Morgan fingerprint density at radius 3 is 2.14 bits per heavy atom. The van der Waals surface area contributed by atoms with Gasteiger partial charge in [-0.1, -0.05) is 61.4 Å². The van der Waals surface area contributed by atoms with E-state index in [0.717, 1.165) is 11.8 Å². The molecule has 0 aromatic carbocycles. The summed E-state index contributed by atoms with van der Waals surface area (Å²) in [6.45, 7) is 5.00. The van der Waals surface area contributed by atoms with Crippen molar-refractivity contribution in [2.24, 2.45) is 0 Å². The minimum Gasteiger partial charge on any atom is -0.394 e. The first-order chi connectivity index (χ1) is 10.3. The van der Waals surface area contributed by atoms with Gasteiger partial charge in [0, 0.05) is 5.33 Å². The third kappa shape index (κ3) is 16.5. The Morgan fingerprint density at radius 2 is 1.48 bits per heavy atom. The topological polar surface area (TPSA) is 47.9 Å². The van der Waals surface area contributed by atoms with Crippen molar-refractivity contribution >= 4 is 15.9 Å². The van der Waals surface area contributed by atoms with Gasteiger partial charge in [-0.15, -0.1) is 0 Å². The van der Waals surface area contributed by atoms with Crippen molar-refractivity contribution in [3.63, 3.8) is 0 Å². The summed E-state index contributed by atoms with van der Waals surface area (Å²) in [6, 6.07) is 0. The van der Waals surface area contributed by atoms with Gasteiger partial charge in [-0.05, 0) is 6.42 Å². The highest BCUT2D eigenvalue weighted by molar-refractivity contribution is 9.09. The first kappa shape index (κ1) is 21.3. The number of aliphatic hydroxyl groups excluding tert-OH is 1. The number of ether oxygens (including phenoxy) is 3. The monoisotopic (exact) mass is 368 g/mol. The maximum atomic E-state index is 8.54. The normalized spacial score (nSPS) is 12.7. The van der Waals surface area contributed by atoms with Gasteiger partial charge in [0.05, 0.1) is 45.7 Å². The average molecular weight is 369 g/mol. The summed E-state index contributed by atoms with van der Waals surface area (Å²) in [7, 11) is 0. The van der Waals surface area contributed by atoms with Crippen LogP contribution < -0.4 is 0 Å². The first-order valence-electron chi connectivity index (χ1n) is 8.29. The zero-order chi connectivity index (χ0) is 15.6. The fourth-order valence-electron chi connectivity index (χ4n) is 2.02. The first-order valence-corrected chi connectivity index (χ1v) is 9.41.